The lowest BCUT2D eigenvalue weighted by Crippen LogP contribution is -2.40. The van der Waals surface area contributed by atoms with Gasteiger partial charge in [0.05, 0.1) is 10.9 Å². The van der Waals surface area contributed by atoms with Gasteiger partial charge in [0.1, 0.15) is 5.75 Å². The predicted octanol–water partition coefficient (Wildman–Crippen LogP) is 1.51. The Labute approximate surface area is 109 Å². The van der Waals surface area contributed by atoms with Gasteiger partial charge in [-0.05, 0) is 24.6 Å². The fourth-order valence-electron chi connectivity index (χ4n) is 1.79. The number of phenolic OH excluding ortho intramolecular Hbond substituents is 1. The molecule has 0 saturated carbocycles. The summed E-state index contributed by atoms with van der Waals surface area (Å²) in [5.41, 5.74) is 0.528. The number of halogens is 1. The summed E-state index contributed by atoms with van der Waals surface area (Å²) in [4.78, 5) is 22.9. The van der Waals surface area contributed by atoms with Crippen LogP contribution in [0, 0.1) is 5.92 Å². The molecule has 1 unspecified atom stereocenters. The molecule has 0 radical (unpaired) electrons. The van der Waals surface area contributed by atoms with Crippen molar-refractivity contribution in [2.45, 2.75) is 12.8 Å². The number of hydrogen-bond donors (Lipinski definition) is 3. The number of hydrogen-bond acceptors (Lipinski definition) is 3. The molecule has 1 saturated heterocycles. The molecule has 2 amide bonds. The summed E-state index contributed by atoms with van der Waals surface area (Å²) in [6.07, 6.45) is 0.915. The van der Waals surface area contributed by atoms with Gasteiger partial charge in [-0.2, -0.15) is 0 Å². The largest absolute Gasteiger partial charge is 0.506 e. The van der Waals surface area contributed by atoms with Crippen LogP contribution in [0.25, 0.3) is 0 Å². The molecule has 18 heavy (non-hydrogen) atoms. The highest BCUT2D eigenvalue weighted by Gasteiger charge is 2.24. The quantitative estimate of drug-likeness (QED) is 0.712. The van der Waals surface area contributed by atoms with Crippen molar-refractivity contribution in [2.75, 3.05) is 11.9 Å². The van der Waals surface area contributed by atoms with E-state index in [0.29, 0.717) is 25.1 Å². The van der Waals surface area contributed by atoms with E-state index in [2.05, 4.69) is 10.6 Å². The molecule has 1 fully saturated rings. The van der Waals surface area contributed by atoms with E-state index in [9.17, 15) is 14.7 Å². The molecular formula is C12H13ClN2O3. The van der Waals surface area contributed by atoms with Gasteiger partial charge in [-0.1, -0.05) is 11.6 Å². The Kier molecular flexibility index (Phi) is 3.72. The number of anilines is 1. The second-order valence-corrected chi connectivity index (χ2v) is 4.60. The third-order valence-electron chi connectivity index (χ3n) is 2.85. The fourth-order valence-corrected chi connectivity index (χ4v) is 1.97. The molecule has 1 aliphatic rings. The molecule has 2 rings (SSSR count). The van der Waals surface area contributed by atoms with Crippen molar-refractivity contribution in [3.05, 3.63) is 23.2 Å². The Hall–Kier alpha value is -1.75. The van der Waals surface area contributed by atoms with Gasteiger partial charge in [0, 0.05) is 18.7 Å². The summed E-state index contributed by atoms with van der Waals surface area (Å²) in [6.45, 7) is 0.358. The van der Waals surface area contributed by atoms with E-state index in [0.717, 1.165) is 0 Å². The molecule has 0 aliphatic carbocycles. The highest BCUT2D eigenvalue weighted by atomic mass is 35.5. The fraction of sp³-hybridized carbons (Fsp3) is 0.333. The van der Waals surface area contributed by atoms with Crippen LogP contribution in [-0.2, 0) is 9.59 Å². The van der Waals surface area contributed by atoms with Crippen molar-refractivity contribution in [1.82, 2.24) is 5.32 Å². The van der Waals surface area contributed by atoms with Crippen molar-refractivity contribution in [2.24, 2.45) is 5.92 Å². The normalized spacial score (nSPS) is 19.2. The van der Waals surface area contributed by atoms with Gasteiger partial charge in [0.2, 0.25) is 11.8 Å². The first kappa shape index (κ1) is 12.7. The topological polar surface area (TPSA) is 78.4 Å². The number of benzene rings is 1. The van der Waals surface area contributed by atoms with Crippen molar-refractivity contribution < 1.29 is 14.7 Å². The van der Waals surface area contributed by atoms with Crippen LogP contribution in [-0.4, -0.2) is 23.5 Å². The Balaban J connectivity index is 1.98. The molecular weight excluding hydrogens is 256 g/mol. The molecule has 1 heterocycles. The van der Waals surface area contributed by atoms with Crippen LogP contribution in [0.15, 0.2) is 18.2 Å². The molecule has 5 nitrogen and oxygen atoms in total. The zero-order chi connectivity index (χ0) is 13.1. The lowest BCUT2D eigenvalue weighted by Gasteiger charge is -2.21. The first-order valence-electron chi connectivity index (χ1n) is 5.62. The van der Waals surface area contributed by atoms with Crippen LogP contribution >= 0.6 is 11.6 Å². The summed E-state index contributed by atoms with van der Waals surface area (Å²) in [5.74, 6) is -0.432. The first-order chi connectivity index (χ1) is 8.56. The maximum atomic E-state index is 11.9. The Morgan fingerprint density at radius 1 is 1.50 bits per heavy atom. The summed E-state index contributed by atoms with van der Waals surface area (Å²) in [6, 6.07) is 4.47. The highest BCUT2D eigenvalue weighted by molar-refractivity contribution is 6.32. The van der Waals surface area contributed by atoms with Crippen LogP contribution in [0.3, 0.4) is 0 Å². The lowest BCUT2D eigenvalue weighted by molar-refractivity contribution is -0.126. The molecule has 1 atom stereocenters. The maximum absolute atomic E-state index is 11.9. The second-order valence-electron chi connectivity index (χ2n) is 4.20. The van der Waals surface area contributed by atoms with E-state index >= 15 is 0 Å². The number of rotatable bonds is 2. The van der Waals surface area contributed by atoms with Gasteiger partial charge in [-0.25, -0.2) is 0 Å². The molecule has 1 aliphatic heterocycles. The van der Waals surface area contributed by atoms with Crippen molar-refractivity contribution >= 4 is 29.1 Å². The van der Waals surface area contributed by atoms with E-state index in [-0.39, 0.29) is 28.5 Å². The third kappa shape index (κ3) is 2.92. The minimum atomic E-state index is -0.227. The number of carbonyl (C=O) groups excluding carboxylic acids is 2. The lowest BCUT2D eigenvalue weighted by atomic mass is 9.98. The first-order valence-corrected chi connectivity index (χ1v) is 6.00. The van der Waals surface area contributed by atoms with E-state index in [1.807, 2.05) is 0 Å². The molecule has 6 heteroatoms. The number of aromatic hydroxyl groups is 1. The average molecular weight is 269 g/mol. The van der Waals surface area contributed by atoms with Gasteiger partial charge in [0.15, 0.2) is 0 Å². The van der Waals surface area contributed by atoms with Gasteiger partial charge in [0.25, 0.3) is 0 Å². The number of phenols is 1. The van der Waals surface area contributed by atoms with E-state index in [1.54, 1.807) is 6.07 Å². The molecule has 96 valence electrons. The summed E-state index contributed by atoms with van der Waals surface area (Å²) in [7, 11) is 0. The Bertz CT molecular complexity index is 480. The van der Waals surface area contributed by atoms with Gasteiger partial charge < -0.3 is 15.7 Å². The van der Waals surface area contributed by atoms with Crippen LogP contribution in [0.1, 0.15) is 12.8 Å². The summed E-state index contributed by atoms with van der Waals surface area (Å²) >= 11 is 5.74. The van der Waals surface area contributed by atoms with Crippen molar-refractivity contribution in [3.63, 3.8) is 0 Å². The molecule has 0 bridgehead atoms. The summed E-state index contributed by atoms with van der Waals surface area (Å²) < 4.78 is 0. The molecule has 3 N–H and O–H groups in total. The van der Waals surface area contributed by atoms with Gasteiger partial charge in [-0.15, -0.1) is 0 Å². The second kappa shape index (κ2) is 5.27. The van der Waals surface area contributed by atoms with Crippen molar-refractivity contribution in [1.29, 1.82) is 0 Å². The number of piperidine rings is 1. The number of nitrogens with one attached hydrogen (secondary N) is 2. The van der Waals surface area contributed by atoms with Crippen LogP contribution < -0.4 is 10.6 Å². The minimum absolute atomic E-state index is 0.0215. The van der Waals surface area contributed by atoms with E-state index in [1.165, 1.54) is 12.1 Å². The SMILES string of the molecule is O=C1CCC(C(=O)Nc2ccc(O)c(Cl)c2)CN1. The number of carbonyl (C=O) groups is 2. The number of amides is 2. The van der Waals surface area contributed by atoms with Gasteiger partial charge >= 0.3 is 0 Å². The van der Waals surface area contributed by atoms with Crippen LogP contribution in [0.5, 0.6) is 5.75 Å². The maximum Gasteiger partial charge on any atom is 0.229 e. The van der Waals surface area contributed by atoms with E-state index < -0.39 is 0 Å². The summed E-state index contributed by atoms with van der Waals surface area (Å²) in [5, 5.41) is 14.8. The minimum Gasteiger partial charge on any atom is -0.506 e. The third-order valence-corrected chi connectivity index (χ3v) is 3.15. The molecule has 1 aromatic rings. The zero-order valence-corrected chi connectivity index (χ0v) is 10.3. The standard InChI is InChI=1S/C12H13ClN2O3/c13-9-5-8(2-3-10(9)16)15-12(18)7-1-4-11(17)14-6-7/h2-3,5,7,16H,1,4,6H2,(H,14,17)(H,15,18). The Morgan fingerprint density at radius 3 is 2.89 bits per heavy atom. The molecule has 0 aromatic heterocycles. The van der Waals surface area contributed by atoms with Gasteiger partial charge in [-0.3, -0.25) is 9.59 Å². The van der Waals surface area contributed by atoms with E-state index in [4.69, 9.17) is 11.6 Å². The molecule has 0 spiro atoms. The van der Waals surface area contributed by atoms with Crippen molar-refractivity contribution in [3.8, 4) is 5.75 Å². The predicted molar refractivity (Wildman–Crippen MR) is 67.5 cm³/mol. The van der Waals surface area contributed by atoms with Crippen LogP contribution in [0.2, 0.25) is 5.02 Å². The van der Waals surface area contributed by atoms with Crippen LogP contribution in [0.4, 0.5) is 5.69 Å². The monoisotopic (exact) mass is 268 g/mol. The smallest absolute Gasteiger partial charge is 0.229 e. The zero-order valence-electron chi connectivity index (χ0n) is 9.57. The average Bonchev–Trinajstić information content (AvgIpc) is 2.34. The molecule has 1 aromatic carbocycles. The highest BCUT2D eigenvalue weighted by Crippen LogP contribution is 2.26. The Morgan fingerprint density at radius 2 is 2.28 bits per heavy atom.